The molecular weight excluding hydrogens is 178 g/mol. The molecule has 0 spiro atoms. The Morgan fingerprint density at radius 2 is 2.14 bits per heavy atom. The van der Waals surface area contributed by atoms with Crippen LogP contribution >= 0.6 is 0 Å². The van der Waals surface area contributed by atoms with Gasteiger partial charge in [0.1, 0.15) is 0 Å². The van der Waals surface area contributed by atoms with Gasteiger partial charge in [0, 0.05) is 19.6 Å². The minimum absolute atomic E-state index is 0.137. The maximum absolute atomic E-state index is 11.2. The van der Waals surface area contributed by atoms with Gasteiger partial charge in [-0.05, 0) is 25.2 Å². The van der Waals surface area contributed by atoms with Crippen molar-refractivity contribution in [2.45, 2.75) is 44.9 Å². The van der Waals surface area contributed by atoms with Crippen molar-refractivity contribution in [1.82, 2.24) is 5.32 Å². The molecule has 0 heterocycles. The zero-order valence-corrected chi connectivity index (χ0v) is 8.80. The van der Waals surface area contributed by atoms with Gasteiger partial charge in [-0.3, -0.25) is 4.79 Å². The molecule has 1 saturated carbocycles. The quantitative estimate of drug-likeness (QED) is 0.610. The molecule has 1 aliphatic carbocycles. The van der Waals surface area contributed by atoms with E-state index >= 15 is 0 Å². The van der Waals surface area contributed by atoms with Crippen LogP contribution < -0.4 is 5.32 Å². The van der Waals surface area contributed by atoms with Crippen molar-refractivity contribution in [3.63, 3.8) is 0 Å². The van der Waals surface area contributed by atoms with Crippen molar-refractivity contribution in [2.75, 3.05) is 13.2 Å². The Kier molecular flexibility index (Phi) is 5.60. The Labute approximate surface area is 85.9 Å². The lowest BCUT2D eigenvalue weighted by Gasteiger charge is -2.25. The highest BCUT2D eigenvalue weighted by molar-refractivity contribution is 5.75. The van der Waals surface area contributed by atoms with E-state index in [9.17, 15) is 4.79 Å². The first-order valence-corrected chi connectivity index (χ1v) is 5.70. The molecule has 0 unspecified atom stereocenters. The van der Waals surface area contributed by atoms with Crippen molar-refractivity contribution in [2.24, 2.45) is 5.92 Å². The lowest BCUT2D eigenvalue weighted by Crippen LogP contribution is -2.27. The summed E-state index contributed by atoms with van der Waals surface area (Å²) in [5.74, 6) is 1.01. The second kappa shape index (κ2) is 6.82. The summed E-state index contributed by atoms with van der Waals surface area (Å²) >= 11 is 0. The smallest absolute Gasteiger partial charge is 0.219 e. The summed E-state index contributed by atoms with van der Waals surface area (Å²) in [6.07, 6.45) is 7.30. The summed E-state index contributed by atoms with van der Waals surface area (Å²) < 4.78 is 0. The molecule has 82 valence electrons. The SMILES string of the molecule is O=C(CCCCO)NCCC1CCC1. The van der Waals surface area contributed by atoms with E-state index in [1.165, 1.54) is 19.3 Å². The number of unbranched alkanes of at least 4 members (excludes halogenated alkanes) is 1. The van der Waals surface area contributed by atoms with Crippen LogP contribution in [-0.2, 0) is 4.79 Å². The molecule has 0 saturated heterocycles. The molecule has 2 N–H and O–H groups in total. The molecule has 0 radical (unpaired) electrons. The predicted octanol–water partition coefficient (Wildman–Crippen LogP) is 1.46. The van der Waals surface area contributed by atoms with Gasteiger partial charge in [0.05, 0.1) is 0 Å². The molecule has 1 fully saturated rings. The van der Waals surface area contributed by atoms with Crippen LogP contribution in [-0.4, -0.2) is 24.2 Å². The van der Waals surface area contributed by atoms with Gasteiger partial charge in [-0.25, -0.2) is 0 Å². The van der Waals surface area contributed by atoms with E-state index in [1.54, 1.807) is 0 Å². The standard InChI is InChI=1S/C11H21NO2/c13-9-2-1-6-11(14)12-8-7-10-4-3-5-10/h10,13H,1-9H2,(H,12,14). The number of amides is 1. The van der Waals surface area contributed by atoms with E-state index in [0.29, 0.717) is 6.42 Å². The molecule has 0 bridgehead atoms. The molecular formula is C11H21NO2. The molecule has 0 aromatic heterocycles. The second-order valence-electron chi connectivity index (χ2n) is 4.12. The molecule has 14 heavy (non-hydrogen) atoms. The summed E-state index contributed by atoms with van der Waals surface area (Å²) in [4.78, 5) is 11.2. The van der Waals surface area contributed by atoms with Crippen LogP contribution in [0.3, 0.4) is 0 Å². The number of nitrogens with one attached hydrogen (secondary N) is 1. The van der Waals surface area contributed by atoms with Crippen molar-refractivity contribution in [1.29, 1.82) is 0 Å². The van der Waals surface area contributed by atoms with Gasteiger partial charge in [0.15, 0.2) is 0 Å². The molecule has 0 atom stereocenters. The van der Waals surface area contributed by atoms with Gasteiger partial charge >= 0.3 is 0 Å². The Hall–Kier alpha value is -0.570. The van der Waals surface area contributed by atoms with Crippen LogP contribution in [0.25, 0.3) is 0 Å². The fourth-order valence-electron chi connectivity index (χ4n) is 1.68. The number of hydrogen-bond donors (Lipinski definition) is 2. The first-order chi connectivity index (χ1) is 6.83. The van der Waals surface area contributed by atoms with E-state index < -0.39 is 0 Å². The zero-order chi connectivity index (χ0) is 10.2. The maximum atomic E-state index is 11.2. The van der Waals surface area contributed by atoms with E-state index in [4.69, 9.17) is 5.11 Å². The number of aliphatic hydroxyl groups excluding tert-OH is 1. The van der Waals surface area contributed by atoms with Crippen LogP contribution in [0, 0.1) is 5.92 Å². The third-order valence-electron chi connectivity index (χ3n) is 2.91. The largest absolute Gasteiger partial charge is 0.396 e. The maximum Gasteiger partial charge on any atom is 0.219 e. The van der Waals surface area contributed by atoms with E-state index in [2.05, 4.69) is 5.32 Å². The molecule has 0 aliphatic heterocycles. The highest BCUT2D eigenvalue weighted by atomic mass is 16.2. The van der Waals surface area contributed by atoms with Gasteiger partial charge in [-0.15, -0.1) is 0 Å². The normalized spacial score (nSPS) is 16.4. The molecule has 1 aliphatic rings. The minimum Gasteiger partial charge on any atom is -0.396 e. The third-order valence-corrected chi connectivity index (χ3v) is 2.91. The number of rotatable bonds is 7. The number of carbonyl (C=O) groups is 1. The summed E-state index contributed by atoms with van der Waals surface area (Å²) in [6, 6.07) is 0. The summed E-state index contributed by atoms with van der Waals surface area (Å²) in [5.41, 5.74) is 0. The molecule has 3 heteroatoms. The van der Waals surface area contributed by atoms with Crippen LogP contribution in [0.5, 0.6) is 0 Å². The summed E-state index contributed by atoms with van der Waals surface area (Å²) in [7, 11) is 0. The van der Waals surface area contributed by atoms with Crippen LogP contribution in [0.1, 0.15) is 44.9 Å². The number of aliphatic hydroxyl groups is 1. The molecule has 1 rings (SSSR count). The lowest BCUT2D eigenvalue weighted by atomic mass is 9.83. The van der Waals surface area contributed by atoms with Gasteiger partial charge in [0.25, 0.3) is 0 Å². The third kappa shape index (κ3) is 4.61. The van der Waals surface area contributed by atoms with Crippen molar-refractivity contribution >= 4 is 5.91 Å². The molecule has 3 nitrogen and oxygen atoms in total. The lowest BCUT2D eigenvalue weighted by molar-refractivity contribution is -0.121. The average molecular weight is 199 g/mol. The minimum atomic E-state index is 0.137. The van der Waals surface area contributed by atoms with Crippen LogP contribution in [0.15, 0.2) is 0 Å². The van der Waals surface area contributed by atoms with Crippen molar-refractivity contribution in [3.8, 4) is 0 Å². The highest BCUT2D eigenvalue weighted by Gasteiger charge is 2.16. The Morgan fingerprint density at radius 1 is 1.36 bits per heavy atom. The average Bonchev–Trinajstić information content (AvgIpc) is 2.10. The van der Waals surface area contributed by atoms with Gasteiger partial charge in [0.2, 0.25) is 5.91 Å². The highest BCUT2D eigenvalue weighted by Crippen LogP contribution is 2.28. The van der Waals surface area contributed by atoms with E-state index in [1.807, 2.05) is 0 Å². The topological polar surface area (TPSA) is 49.3 Å². The molecule has 0 aromatic rings. The van der Waals surface area contributed by atoms with Crippen LogP contribution in [0.4, 0.5) is 0 Å². The van der Waals surface area contributed by atoms with Crippen molar-refractivity contribution < 1.29 is 9.90 Å². The van der Waals surface area contributed by atoms with Crippen LogP contribution in [0.2, 0.25) is 0 Å². The first kappa shape index (κ1) is 11.5. The number of hydrogen-bond acceptors (Lipinski definition) is 2. The fourth-order valence-corrected chi connectivity index (χ4v) is 1.68. The van der Waals surface area contributed by atoms with E-state index in [-0.39, 0.29) is 12.5 Å². The summed E-state index contributed by atoms with van der Waals surface area (Å²) in [6.45, 7) is 1.03. The Morgan fingerprint density at radius 3 is 2.71 bits per heavy atom. The van der Waals surface area contributed by atoms with Crippen molar-refractivity contribution in [3.05, 3.63) is 0 Å². The number of carbonyl (C=O) groups excluding carboxylic acids is 1. The summed E-state index contributed by atoms with van der Waals surface area (Å²) in [5, 5.41) is 11.5. The predicted molar refractivity (Wildman–Crippen MR) is 55.9 cm³/mol. The van der Waals surface area contributed by atoms with Gasteiger partial charge < -0.3 is 10.4 Å². The zero-order valence-electron chi connectivity index (χ0n) is 8.80. The first-order valence-electron chi connectivity index (χ1n) is 5.70. The molecule has 0 aromatic carbocycles. The monoisotopic (exact) mass is 199 g/mol. The Balaban J connectivity index is 1.86. The van der Waals surface area contributed by atoms with Gasteiger partial charge in [-0.2, -0.15) is 0 Å². The fraction of sp³-hybridized carbons (Fsp3) is 0.909. The van der Waals surface area contributed by atoms with Gasteiger partial charge in [-0.1, -0.05) is 19.3 Å². The Bertz CT molecular complexity index is 167. The second-order valence-corrected chi connectivity index (χ2v) is 4.12. The van der Waals surface area contributed by atoms with E-state index in [0.717, 1.165) is 31.7 Å². The molecule has 1 amide bonds.